The lowest BCUT2D eigenvalue weighted by molar-refractivity contribution is 0.591. The summed E-state index contributed by atoms with van der Waals surface area (Å²) < 4.78 is 16.1. The highest BCUT2D eigenvalue weighted by atomic mass is 32.1. The number of halogens is 1. The van der Waals surface area contributed by atoms with Gasteiger partial charge in [0.1, 0.15) is 5.82 Å². The van der Waals surface area contributed by atoms with E-state index in [0.717, 1.165) is 18.5 Å². The summed E-state index contributed by atoms with van der Waals surface area (Å²) in [5.74, 6) is -0.177. The van der Waals surface area contributed by atoms with Crippen molar-refractivity contribution in [1.29, 1.82) is 0 Å². The molecule has 1 N–H and O–H groups in total. The highest BCUT2D eigenvalue weighted by Crippen LogP contribution is 2.35. The fourth-order valence-corrected chi connectivity index (χ4v) is 4.51. The molecule has 0 aliphatic carbocycles. The number of thiophene rings is 2. The van der Waals surface area contributed by atoms with E-state index >= 15 is 0 Å². The van der Waals surface area contributed by atoms with Crippen LogP contribution in [0.4, 0.5) is 4.39 Å². The maximum Gasteiger partial charge on any atom is 0.123 e. The SMILES string of the molecule is CCCNC(c1cccc(F)c1)c1cc2sccc2s1. The molecule has 0 saturated carbocycles. The Hall–Kier alpha value is -1.23. The van der Waals surface area contributed by atoms with Crippen LogP contribution in [0.2, 0.25) is 0 Å². The first-order valence-corrected chi connectivity index (χ1v) is 8.43. The molecule has 1 unspecified atom stereocenters. The van der Waals surface area contributed by atoms with Crippen molar-refractivity contribution in [2.75, 3.05) is 6.54 Å². The zero-order valence-electron chi connectivity index (χ0n) is 11.2. The quantitative estimate of drug-likeness (QED) is 0.684. The first-order valence-electron chi connectivity index (χ1n) is 6.73. The van der Waals surface area contributed by atoms with Gasteiger partial charge in [0.15, 0.2) is 0 Å². The van der Waals surface area contributed by atoms with Crippen LogP contribution in [0.15, 0.2) is 41.8 Å². The molecular formula is C16H16FNS2. The first kappa shape index (κ1) is 13.7. The zero-order chi connectivity index (χ0) is 13.9. The van der Waals surface area contributed by atoms with Crippen molar-refractivity contribution in [2.24, 2.45) is 0 Å². The van der Waals surface area contributed by atoms with Crippen LogP contribution in [0, 0.1) is 5.82 Å². The largest absolute Gasteiger partial charge is 0.306 e. The molecule has 1 atom stereocenters. The molecule has 2 heterocycles. The topological polar surface area (TPSA) is 12.0 Å². The second kappa shape index (κ2) is 6.04. The number of hydrogen-bond acceptors (Lipinski definition) is 3. The van der Waals surface area contributed by atoms with E-state index in [-0.39, 0.29) is 11.9 Å². The van der Waals surface area contributed by atoms with Gasteiger partial charge >= 0.3 is 0 Å². The Morgan fingerprint density at radius 1 is 1.20 bits per heavy atom. The van der Waals surface area contributed by atoms with E-state index in [1.54, 1.807) is 34.8 Å². The van der Waals surface area contributed by atoms with Crippen LogP contribution in [-0.4, -0.2) is 6.54 Å². The molecule has 0 fully saturated rings. The monoisotopic (exact) mass is 305 g/mol. The summed E-state index contributed by atoms with van der Waals surface area (Å²) >= 11 is 3.54. The lowest BCUT2D eigenvalue weighted by Gasteiger charge is -2.17. The Morgan fingerprint density at radius 2 is 2.10 bits per heavy atom. The van der Waals surface area contributed by atoms with Gasteiger partial charge in [-0.2, -0.15) is 0 Å². The summed E-state index contributed by atoms with van der Waals surface area (Å²) in [6.45, 7) is 3.06. The van der Waals surface area contributed by atoms with E-state index in [4.69, 9.17) is 0 Å². The van der Waals surface area contributed by atoms with Gasteiger partial charge in [0.2, 0.25) is 0 Å². The third-order valence-electron chi connectivity index (χ3n) is 3.22. The van der Waals surface area contributed by atoms with Crippen LogP contribution < -0.4 is 5.32 Å². The second-order valence-electron chi connectivity index (χ2n) is 4.74. The summed E-state index contributed by atoms with van der Waals surface area (Å²) in [7, 11) is 0. The molecule has 0 saturated heterocycles. The molecule has 2 aromatic heterocycles. The second-order valence-corrected chi connectivity index (χ2v) is 6.80. The molecule has 0 spiro atoms. The molecule has 3 aromatic rings. The molecule has 1 aromatic carbocycles. The molecule has 3 rings (SSSR count). The number of fused-ring (bicyclic) bond motifs is 1. The highest BCUT2D eigenvalue weighted by Gasteiger charge is 2.17. The average molecular weight is 305 g/mol. The maximum atomic E-state index is 13.5. The average Bonchev–Trinajstić information content (AvgIpc) is 3.00. The zero-order valence-corrected chi connectivity index (χ0v) is 12.9. The summed E-state index contributed by atoms with van der Waals surface area (Å²) in [5, 5.41) is 5.64. The van der Waals surface area contributed by atoms with Crippen molar-refractivity contribution in [3.8, 4) is 0 Å². The van der Waals surface area contributed by atoms with E-state index in [1.165, 1.54) is 20.3 Å². The molecule has 0 amide bonds. The Bertz CT molecular complexity index is 673. The third kappa shape index (κ3) is 2.77. The molecule has 20 heavy (non-hydrogen) atoms. The smallest absolute Gasteiger partial charge is 0.123 e. The van der Waals surface area contributed by atoms with Crippen LogP contribution in [-0.2, 0) is 0 Å². The van der Waals surface area contributed by atoms with Gasteiger partial charge in [0.05, 0.1) is 6.04 Å². The van der Waals surface area contributed by atoms with Crippen molar-refractivity contribution in [3.63, 3.8) is 0 Å². The number of hydrogen-bond donors (Lipinski definition) is 1. The van der Waals surface area contributed by atoms with Crippen molar-refractivity contribution in [2.45, 2.75) is 19.4 Å². The summed E-state index contributed by atoms with van der Waals surface area (Å²) in [6, 6.07) is 11.3. The van der Waals surface area contributed by atoms with E-state index in [1.807, 2.05) is 6.07 Å². The highest BCUT2D eigenvalue weighted by molar-refractivity contribution is 7.27. The van der Waals surface area contributed by atoms with Crippen molar-refractivity contribution in [1.82, 2.24) is 5.32 Å². The first-order chi connectivity index (χ1) is 9.78. The Balaban J connectivity index is 1.98. The normalized spacial score (nSPS) is 12.9. The van der Waals surface area contributed by atoms with Gasteiger partial charge in [-0.15, -0.1) is 22.7 Å². The molecular weight excluding hydrogens is 289 g/mol. The predicted octanol–water partition coefficient (Wildman–Crippen LogP) is 5.19. The fourth-order valence-electron chi connectivity index (χ4n) is 2.28. The van der Waals surface area contributed by atoms with Gasteiger partial charge < -0.3 is 5.32 Å². The van der Waals surface area contributed by atoms with Crippen LogP contribution in [0.25, 0.3) is 9.40 Å². The minimum Gasteiger partial charge on any atom is -0.306 e. The standard InChI is InChI=1S/C16H16FNS2/c1-2-7-18-16(11-4-3-5-12(17)9-11)15-10-14-13(20-15)6-8-19-14/h3-6,8-10,16,18H,2,7H2,1H3. The maximum absolute atomic E-state index is 13.5. The Kier molecular flexibility index (Phi) is 4.15. The van der Waals surface area contributed by atoms with Gasteiger partial charge in [-0.05, 0) is 48.2 Å². The van der Waals surface area contributed by atoms with Gasteiger partial charge in [0.25, 0.3) is 0 Å². The molecule has 0 aliphatic rings. The van der Waals surface area contributed by atoms with Crippen molar-refractivity contribution in [3.05, 3.63) is 58.0 Å². The number of rotatable bonds is 5. The van der Waals surface area contributed by atoms with Crippen LogP contribution in [0.3, 0.4) is 0 Å². The number of benzene rings is 1. The molecule has 0 bridgehead atoms. The van der Waals surface area contributed by atoms with E-state index < -0.39 is 0 Å². The lowest BCUT2D eigenvalue weighted by atomic mass is 10.1. The fraction of sp³-hybridized carbons (Fsp3) is 0.250. The van der Waals surface area contributed by atoms with E-state index in [2.05, 4.69) is 29.8 Å². The van der Waals surface area contributed by atoms with E-state index in [0.29, 0.717) is 0 Å². The molecule has 104 valence electrons. The Morgan fingerprint density at radius 3 is 2.85 bits per heavy atom. The molecule has 0 radical (unpaired) electrons. The molecule has 4 heteroatoms. The van der Waals surface area contributed by atoms with Gasteiger partial charge in [-0.25, -0.2) is 4.39 Å². The summed E-state index contributed by atoms with van der Waals surface area (Å²) in [4.78, 5) is 1.26. The van der Waals surface area contributed by atoms with Gasteiger partial charge in [0, 0.05) is 14.3 Å². The molecule has 1 nitrogen and oxygen atoms in total. The minimum absolute atomic E-state index is 0.0789. The third-order valence-corrected chi connectivity index (χ3v) is 5.38. The Labute approximate surface area is 126 Å². The predicted molar refractivity (Wildman–Crippen MR) is 86.2 cm³/mol. The van der Waals surface area contributed by atoms with E-state index in [9.17, 15) is 4.39 Å². The van der Waals surface area contributed by atoms with Crippen molar-refractivity contribution >= 4 is 32.1 Å². The summed E-state index contributed by atoms with van der Waals surface area (Å²) in [6.07, 6.45) is 1.06. The van der Waals surface area contributed by atoms with Crippen LogP contribution >= 0.6 is 22.7 Å². The van der Waals surface area contributed by atoms with Crippen LogP contribution in [0.1, 0.15) is 29.8 Å². The van der Waals surface area contributed by atoms with Crippen LogP contribution in [0.5, 0.6) is 0 Å². The minimum atomic E-state index is -0.177. The van der Waals surface area contributed by atoms with Gasteiger partial charge in [-0.3, -0.25) is 0 Å². The lowest BCUT2D eigenvalue weighted by Crippen LogP contribution is -2.22. The van der Waals surface area contributed by atoms with Gasteiger partial charge in [-0.1, -0.05) is 19.1 Å². The van der Waals surface area contributed by atoms with Crippen molar-refractivity contribution < 1.29 is 4.39 Å². The molecule has 0 aliphatic heterocycles. The number of nitrogens with one attached hydrogen (secondary N) is 1. The summed E-state index contributed by atoms with van der Waals surface area (Å²) in [5.41, 5.74) is 0.993.